The molecule has 2 aromatic carbocycles. The van der Waals surface area contributed by atoms with Crippen molar-refractivity contribution in [2.75, 3.05) is 0 Å². The molecule has 1 amide bonds. The van der Waals surface area contributed by atoms with E-state index in [0.29, 0.717) is 17.1 Å². The van der Waals surface area contributed by atoms with E-state index in [1.165, 1.54) is 13.3 Å². The van der Waals surface area contributed by atoms with Gasteiger partial charge in [0, 0.05) is 0 Å². The number of hydrogen-bond donors (Lipinski definition) is 1. The minimum absolute atomic E-state index is 0.0620. The van der Waals surface area contributed by atoms with Crippen LogP contribution in [0, 0.1) is 6.92 Å². The van der Waals surface area contributed by atoms with Crippen LogP contribution in [0.15, 0.2) is 42.5 Å². The molecule has 0 fully saturated rings. The Morgan fingerprint density at radius 1 is 1.06 bits per heavy atom. The summed E-state index contributed by atoms with van der Waals surface area (Å²) in [6.07, 6.45) is -4.59. The number of nitrogens with one attached hydrogen (secondary N) is 1. The number of carbonyl (C=O) groups excluding carboxylic acids is 1. The Morgan fingerprint density at radius 2 is 1.71 bits per heavy atom. The van der Waals surface area contributed by atoms with Gasteiger partial charge in [0.1, 0.15) is 0 Å². The molecule has 1 aromatic heterocycles. The Hall–Kier alpha value is -2.97. The monoisotopic (exact) mass is 428 g/mol. The van der Waals surface area contributed by atoms with Crippen LogP contribution < -0.4 is 5.32 Å². The van der Waals surface area contributed by atoms with Crippen LogP contribution in [-0.4, -0.2) is 39.4 Å². The molecule has 0 saturated heterocycles. The SMILES string of the molecule is Cc1ccc(-c2cc(C(=O)NC(C)(C)C(F)(F)F)cc(-n3nbnc3C(C)C)c2)cc1. The van der Waals surface area contributed by atoms with Gasteiger partial charge in [-0.05, 0) is 0 Å². The summed E-state index contributed by atoms with van der Waals surface area (Å²) in [4.78, 5) is 17.1. The van der Waals surface area contributed by atoms with Gasteiger partial charge in [-0.2, -0.15) is 0 Å². The number of hydrogen-bond acceptors (Lipinski definition) is 3. The Morgan fingerprint density at radius 3 is 2.29 bits per heavy atom. The van der Waals surface area contributed by atoms with E-state index in [4.69, 9.17) is 0 Å². The molecule has 0 atom stereocenters. The van der Waals surface area contributed by atoms with E-state index in [0.717, 1.165) is 25.0 Å². The molecule has 0 aliphatic heterocycles. The zero-order valence-corrected chi connectivity index (χ0v) is 18.1. The average molecular weight is 428 g/mol. The normalized spacial score (nSPS) is 12.2. The number of nitrogens with zero attached hydrogens (tertiary/aromatic N) is 3. The van der Waals surface area contributed by atoms with E-state index in [1.807, 2.05) is 51.1 Å². The van der Waals surface area contributed by atoms with Crippen LogP contribution in [0.4, 0.5) is 13.2 Å². The second-order valence-corrected chi connectivity index (χ2v) is 8.40. The van der Waals surface area contributed by atoms with E-state index in [9.17, 15) is 18.0 Å². The summed E-state index contributed by atoms with van der Waals surface area (Å²) in [5, 5.41) is 6.37. The molecule has 1 N–H and O–H groups in total. The maximum atomic E-state index is 13.3. The summed E-state index contributed by atoms with van der Waals surface area (Å²) in [5.74, 6) is -0.0706. The van der Waals surface area contributed by atoms with Gasteiger partial charge < -0.3 is 0 Å². The predicted octanol–water partition coefficient (Wildman–Crippen LogP) is 4.77. The van der Waals surface area contributed by atoms with E-state index in [2.05, 4.69) is 15.2 Å². The number of halogens is 3. The Bertz CT molecular complexity index is 1090. The minimum atomic E-state index is -4.59. The fourth-order valence-electron chi connectivity index (χ4n) is 3.05. The maximum absolute atomic E-state index is 13.3. The number of rotatable bonds is 5. The van der Waals surface area contributed by atoms with E-state index < -0.39 is 17.6 Å². The fourth-order valence-corrected chi connectivity index (χ4v) is 3.05. The number of aromatic nitrogens is 3. The van der Waals surface area contributed by atoms with Gasteiger partial charge in [-0.15, -0.1) is 0 Å². The van der Waals surface area contributed by atoms with Crippen LogP contribution in [-0.2, 0) is 0 Å². The topological polar surface area (TPSA) is 59.8 Å². The molecule has 3 rings (SSSR count). The first-order valence-electron chi connectivity index (χ1n) is 9.91. The van der Waals surface area contributed by atoms with Gasteiger partial charge in [0.05, 0.1) is 0 Å². The molecule has 0 aliphatic rings. The van der Waals surface area contributed by atoms with Crippen molar-refractivity contribution in [3.8, 4) is 16.8 Å². The number of alkyl halides is 3. The molecule has 9 heteroatoms. The summed E-state index contributed by atoms with van der Waals surface area (Å²) >= 11 is 0. The summed E-state index contributed by atoms with van der Waals surface area (Å²) in [6, 6.07) is 12.6. The molecule has 31 heavy (non-hydrogen) atoms. The van der Waals surface area contributed by atoms with Gasteiger partial charge in [0.15, 0.2) is 0 Å². The van der Waals surface area contributed by atoms with Crippen molar-refractivity contribution < 1.29 is 18.0 Å². The Labute approximate surface area is 180 Å². The zero-order chi connectivity index (χ0) is 23.0. The molecule has 0 unspecified atom stereocenters. The number of amides is 1. The van der Waals surface area contributed by atoms with Crippen LogP contribution in [0.1, 0.15) is 55.4 Å². The Kier molecular flexibility index (Phi) is 6.07. The zero-order valence-electron chi connectivity index (χ0n) is 18.1. The summed E-state index contributed by atoms with van der Waals surface area (Å²) in [7, 11) is 1.42. The van der Waals surface area contributed by atoms with Crippen LogP contribution >= 0.6 is 0 Å². The molecule has 0 bridgehead atoms. The first-order chi connectivity index (χ1) is 14.4. The van der Waals surface area contributed by atoms with E-state index in [1.54, 1.807) is 10.7 Å². The molecule has 5 nitrogen and oxygen atoms in total. The summed E-state index contributed by atoms with van der Waals surface area (Å²) in [6.45, 7) is 7.75. The third-order valence-corrected chi connectivity index (χ3v) is 5.03. The third-order valence-electron chi connectivity index (χ3n) is 5.03. The van der Waals surface area contributed by atoms with E-state index in [-0.39, 0.29) is 11.5 Å². The van der Waals surface area contributed by atoms with Crippen molar-refractivity contribution in [2.24, 2.45) is 0 Å². The first-order valence-corrected chi connectivity index (χ1v) is 9.91. The number of aryl methyl sites for hydroxylation is 1. The molecule has 1 heterocycles. The summed E-state index contributed by atoms with van der Waals surface area (Å²) in [5.41, 5.74) is 0.883. The van der Waals surface area contributed by atoms with Gasteiger partial charge in [-0.1, -0.05) is 0 Å². The van der Waals surface area contributed by atoms with Crippen molar-refractivity contribution in [3.05, 3.63) is 59.4 Å². The van der Waals surface area contributed by atoms with Crippen molar-refractivity contribution in [1.29, 1.82) is 0 Å². The first kappa shape index (κ1) is 22.7. The van der Waals surface area contributed by atoms with Gasteiger partial charge in [-0.3, -0.25) is 0 Å². The van der Waals surface area contributed by atoms with Gasteiger partial charge in [0.2, 0.25) is 0 Å². The van der Waals surface area contributed by atoms with Gasteiger partial charge in [-0.25, -0.2) is 0 Å². The van der Waals surface area contributed by atoms with Crippen molar-refractivity contribution in [3.63, 3.8) is 0 Å². The predicted molar refractivity (Wildman–Crippen MR) is 115 cm³/mol. The van der Waals surface area contributed by atoms with Crippen LogP contribution in [0.25, 0.3) is 16.8 Å². The molecule has 3 aromatic rings. The molecular formula is C22H24BF3N4O. The Balaban J connectivity index is 2.12. The summed E-state index contributed by atoms with van der Waals surface area (Å²) < 4.78 is 41.5. The van der Waals surface area contributed by atoms with Gasteiger partial charge >= 0.3 is 179 Å². The van der Waals surface area contributed by atoms with Crippen LogP contribution in [0.2, 0.25) is 0 Å². The second-order valence-electron chi connectivity index (χ2n) is 8.40. The molecule has 0 spiro atoms. The van der Waals surface area contributed by atoms with Crippen LogP contribution in [0.3, 0.4) is 0 Å². The number of carbonyl (C=O) groups is 1. The fraction of sp³-hybridized carbons (Fsp3) is 0.364. The quantitative estimate of drug-likeness (QED) is 0.637. The van der Waals surface area contributed by atoms with Gasteiger partial charge in [0.25, 0.3) is 0 Å². The molecule has 0 saturated carbocycles. The molecule has 0 radical (unpaired) electrons. The molecular weight excluding hydrogens is 404 g/mol. The number of benzene rings is 2. The van der Waals surface area contributed by atoms with Crippen LogP contribution in [0.5, 0.6) is 0 Å². The standard InChI is InChI=1S/C22H24BF3N4O/c1-13(2)19-28-23-29-30(19)18-11-16(15-8-6-14(3)7-9-15)10-17(12-18)20(31)27-21(4,5)22(24,25)26/h6-13H,1-5H3,(H,27,31). The molecule has 162 valence electrons. The van der Waals surface area contributed by atoms with Crippen molar-refractivity contribution >= 4 is 13.1 Å². The van der Waals surface area contributed by atoms with Crippen molar-refractivity contribution in [2.45, 2.75) is 52.3 Å². The molecule has 0 aliphatic carbocycles. The third kappa shape index (κ3) is 4.86. The van der Waals surface area contributed by atoms with E-state index >= 15 is 0 Å². The van der Waals surface area contributed by atoms with Crippen molar-refractivity contribution in [1.82, 2.24) is 19.9 Å². The average Bonchev–Trinajstić information content (AvgIpc) is 3.17. The second kappa shape index (κ2) is 8.28.